The molecule has 1 rings (SSSR count). The van der Waals surface area contributed by atoms with E-state index in [9.17, 15) is 4.79 Å². The first-order valence-electron chi connectivity index (χ1n) is 10.0. The maximum absolute atomic E-state index is 12.0. The van der Waals surface area contributed by atoms with Crippen molar-refractivity contribution in [3.05, 3.63) is 0 Å². The molecule has 1 heterocycles. The molecule has 142 valence electrons. The highest BCUT2D eigenvalue weighted by atomic mass is 35.5. The number of amides is 1. The van der Waals surface area contributed by atoms with Crippen molar-refractivity contribution in [2.45, 2.75) is 116 Å². The van der Waals surface area contributed by atoms with Gasteiger partial charge < -0.3 is 4.74 Å². The van der Waals surface area contributed by atoms with Crippen LogP contribution in [0.5, 0.6) is 0 Å². The van der Waals surface area contributed by atoms with Gasteiger partial charge in [0.05, 0.1) is 12.1 Å². The number of nitrogens with zero attached hydrogens (tertiary/aromatic N) is 1. The van der Waals surface area contributed by atoms with Crippen molar-refractivity contribution in [3.63, 3.8) is 0 Å². The van der Waals surface area contributed by atoms with Crippen LogP contribution >= 0.6 is 11.6 Å². The Bertz CT molecular complexity index is 357. The van der Waals surface area contributed by atoms with Gasteiger partial charge in [-0.3, -0.25) is 9.69 Å². The van der Waals surface area contributed by atoms with Crippen LogP contribution in [0.25, 0.3) is 0 Å². The largest absolute Gasteiger partial charge is 0.348 e. The average molecular weight is 360 g/mol. The van der Waals surface area contributed by atoms with Gasteiger partial charge in [0, 0.05) is 0 Å². The minimum absolute atomic E-state index is 0.308. The number of hydrogen-bond acceptors (Lipinski definition) is 2. The van der Waals surface area contributed by atoms with Crippen LogP contribution < -0.4 is 0 Å². The Morgan fingerprint density at radius 3 is 1.79 bits per heavy atom. The van der Waals surface area contributed by atoms with Crippen molar-refractivity contribution >= 4 is 17.0 Å². The second-order valence-electron chi connectivity index (χ2n) is 7.98. The standard InChI is InChI=1S/C20H38ClNO2/c1-5-7-9-11-13-15-20(16-14-12-10-8-6-2)22(18(21)23)17-19(3,4)24-20/h5-17H2,1-4H3. The average Bonchev–Trinajstić information content (AvgIpc) is 2.79. The lowest BCUT2D eigenvalue weighted by Gasteiger charge is -2.36. The molecule has 4 heteroatoms. The fourth-order valence-corrected chi connectivity index (χ4v) is 4.07. The highest BCUT2D eigenvalue weighted by molar-refractivity contribution is 6.62. The van der Waals surface area contributed by atoms with E-state index in [1.165, 1.54) is 51.4 Å². The van der Waals surface area contributed by atoms with Crippen molar-refractivity contribution in [3.8, 4) is 0 Å². The molecule has 0 radical (unpaired) electrons. The first-order valence-corrected chi connectivity index (χ1v) is 10.4. The molecular weight excluding hydrogens is 322 g/mol. The predicted octanol–water partition coefficient (Wildman–Crippen LogP) is 6.87. The smallest absolute Gasteiger partial charge is 0.318 e. The topological polar surface area (TPSA) is 29.5 Å². The van der Waals surface area contributed by atoms with Gasteiger partial charge in [0.25, 0.3) is 0 Å². The molecule has 0 aromatic carbocycles. The Hall–Kier alpha value is -0.280. The summed E-state index contributed by atoms with van der Waals surface area (Å²) in [6.45, 7) is 9.19. The normalized spacial score (nSPS) is 19.0. The van der Waals surface area contributed by atoms with Crippen LogP contribution in [0.1, 0.15) is 105 Å². The molecule has 1 aliphatic heterocycles. The van der Waals surface area contributed by atoms with E-state index in [-0.39, 0.29) is 11.0 Å². The van der Waals surface area contributed by atoms with Crippen molar-refractivity contribution in [1.82, 2.24) is 4.90 Å². The summed E-state index contributed by atoms with van der Waals surface area (Å²) in [7, 11) is 0. The predicted molar refractivity (Wildman–Crippen MR) is 103 cm³/mol. The Labute approximate surface area is 154 Å². The van der Waals surface area contributed by atoms with Gasteiger partial charge >= 0.3 is 5.37 Å². The van der Waals surface area contributed by atoms with Gasteiger partial charge in [-0.05, 0) is 51.1 Å². The van der Waals surface area contributed by atoms with E-state index in [1.54, 1.807) is 4.90 Å². The zero-order chi connectivity index (χ0) is 18.1. The summed E-state index contributed by atoms with van der Waals surface area (Å²) >= 11 is 5.93. The fourth-order valence-electron chi connectivity index (χ4n) is 3.86. The van der Waals surface area contributed by atoms with E-state index in [4.69, 9.17) is 16.3 Å². The number of carbonyl (C=O) groups is 1. The molecule has 0 aliphatic carbocycles. The molecule has 1 amide bonds. The SMILES string of the molecule is CCCCCCCC1(CCCCCCC)OC(C)(C)CN1C(=O)Cl. The van der Waals surface area contributed by atoms with Crippen molar-refractivity contribution in [2.24, 2.45) is 0 Å². The van der Waals surface area contributed by atoms with Gasteiger partial charge in [-0.15, -0.1) is 0 Å². The van der Waals surface area contributed by atoms with E-state index < -0.39 is 5.72 Å². The van der Waals surface area contributed by atoms with Gasteiger partial charge in [0.2, 0.25) is 0 Å². The molecule has 0 bridgehead atoms. The summed E-state index contributed by atoms with van der Waals surface area (Å²) < 4.78 is 6.44. The lowest BCUT2D eigenvalue weighted by molar-refractivity contribution is -0.128. The molecule has 1 fully saturated rings. The van der Waals surface area contributed by atoms with Gasteiger partial charge in [0.15, 0.2) is 0 Å². The van der Waals surface area contributed by atoms with Gasteiger partial charge in [-0.2, -0.15) is 0 Å². The quantitative estimate of drug-likeness (QED) is 0.216. The molecule has 0 atom stereocenters. The third-order valence-corrected chi connectivity index (χ3v) is 5.26. The summed E-state index contributed by atoms with van der Waals surface area (Å²) in [6.07, 6.45) is 14.0. The molecule has 0 unspecified atom stereocenters. The van der Waals surface area contributed by atoms with Crippen LogP contribution in [0.2, 0.25) is 0 Å². The number of carbonyl (C=O) groups excluding carboxylic acids is 1. The van der Waals surface area contributed by atoms with Crippen molar-refractivity contribution in [2.75, 3.05) is 6.54 Å². The Morgan fingerprint density at radius 1 is 0.917 bits per heavy atom. The maximum atomic E-state index is 12.0. The summed E-state index contributed by atoms with van der Waals surface area (Å²) in [5, 5.41) is -0.359. The van der Waals surface area contributed by atoms with E-state index in [0.717, 1.165) is 25.7 Å². The van der Waals surface area contributed by atoms with Crippen LogP contribution in [0.4, 0.5) is 4.79 Å². The summed E-state index contributed by atoms with van der Waals surface area (Å²) in [5.74, 6) is 0. The van der Waals surface area contributed by atoms with Crippen LogP contribution in [-0.4, -0.2) is 28.1 Å². The Balaban J connectivity index is 2.68. The molecule has 0 spiro atoms. The first-order chi connectivity index (χ1) is 11.4. The maximum Gasteiger partial charge on any atom is 0.318 e. The van der Waals surface area contributed by atoms with E-state index >= 15 is 0 Å². The summed E-state index contributed by atoms with van der Waals surface area (Å²) in [5.41, 5.74) is -0.794. The zero-order valence-electron chi connectivity index (χ0n) is 16.3. The number of ether oxygens (including phenoxy) is 1. The highest BCUT2D eigenvalue weighted by Gasteiger charge is 2.51. The van der Waals surface area contributed by atoms with E-state index in [2.05, 4.69) is 27.7 Å². The Kier molecular flexibility index (Phi) is 9.66. The second kappa shape index (κ2) is 10.7. The van der Waals surface area contributed by atoms with Gasteiger partial charge in [0.1, 0.15) is 5.72 Å². The van der Waals surface area contributed by atoms with Gasteiger partial charge in [-0.1, -0.05) is 65.2 Å². The van der Waals surface area contributed by atoms with Crippen LogP contribution in [0.15, 0.2) is 0 Å². The molecular formula is C20H38ClNO2. The fraction of sp³-hybridized carbons (Fsp3) is 0.950. The second-order valence-corrected chi connectivity index (χ2v) is 8.30. The lowest BCUT2D eigenvalue weighted by atomic mass is 9.96. The summed E-state index contributed by atoms with van der Waals surface area (Å²) in [4.78, 5) is 13.8. The zero-order valence-corrected chi connectivity index (χ0v) is 17.1. The number of hydrogen-bond donors (Lipinski definition) is 0. The highest BCUT2D eigenvalue weighted by Crippen LogP contribution is 2.42. The molecule has 1 saturated heterocycles. The van der Waals surface area contributed by atoms with E-state index in [1.807, 2.05) is 0 Å². The third kappa shape index (κ3) is 6.92. The van der Waals surface area contributed by atoms with Crippen molar-refractivity contribution < 1.29 is 9.53 Å². The van der Waals surface area contributed by atoms with E-state index in [0.29, 0.717) is 6.54 Å². The molecule has 0 aromatic heterocycles. The van der Waals surface area contributed by atoms with Crippen LogP contribution in [0, 0.1) is 0 Å². The number of rotatable bonds is 12. The molecule has 0 aromatic rings. The van der Waals surface area contributed by atoms with Crippen LogP contribution in [-0.2, 0) is 4.74 Å². The van der Waals surface area contributed by atoms with Crippen molar-refractivity contribution in [1.29, 1.82) is 0 Å². The molecule has 1 aliphatic rings. The Morgan fingerprint density at radius 2 is 1.38 bits per heavy atom. The minimum Gasteiger partial charge on any atom is -0.348 e. The third-order valence-electron chi connectivity index (χ3n) is 5.05. The molecule has 3 nitrogen and oxygen atoms in total. The lowest BCUT2D eigenvalue weighted by Crippen LogP contribution is -2.46. The van der Waals surface area contributed by atoms with Crippen LogP contribution in [0.3, 0.4) is 0 Å². The summed E-state index contributed by atoms with van der Waals surface area (Å²) in [6, 6.07) is 0. The first kappa shape index (κ1) is 21.8. The minimum atomic E-state index is -0.485. The monoisotopic (exact) mass is 359 g/mol. The number of halogens is 1. The number of unbranched alkanes of at least 4 members (excludes halogenated alkanes) is 8. The molecule has 0 N–H and O–H groups in total. The molecule has 0 saturated carbocycles. The van der Waals surface area contributed by atoms with Gasteiger partial charge in [-0.25, -0.2) is 0 Å². The molecule has 24 heavy (non-hydrogen) atoms.